The fraction of sp³-hybridized carbons (Fsp3) is 0.467. The highest BCUT2D eigenvalue weighted by Gasteiger charge is 2.16. The Labute approximate surface area is 143 Å². The molecule has 0 aromatic heterocycles. The lowest BCUT2D eigenvalue weighted by Gasteiger charge is -2.15. The minimum atomic E-state index is -0.607. The van der Waals surface area contributed by atoms with Crippen molar-refractivity contribution >= 4 is 39.3 Å². The Bertz CT molecular complexity index is 529. The summed E-state index contributed by atoms with van der Waals surface area (Å²) in [6, 6.07) is 2.94. The van der Waals surface area contributed by atoms with Gasteiger partial charge in [-0.1, -0.05) is 34.5 Å². The molecule has 0 spiro atoms. The smallest absolute Gasteiger partial charge is 0.258 e. The van der Waals surface area contributed by atoms with Crippen LogP contribution in [0.4, 0.5) is 0 Å². The zero-order valence-electron chi connectivity index (χ0n) is 12.8. The van der Waals surface area contributed by atoms with E-state index < -0.39 is 6.04 Å². The third kappa shape index (κ3) is 5.85. The number of nitrogens with one attached hydrogen (secondary N) is 2. The molecule has 0 aliphatic rings. The fourth-order valence-corrected chi connectivity index (χ4v) is 2.78. The quantitative estimate of drug-likeness (QED) is 0.751. The van der Waals surface area contributed by atoms with Crippen LogP contribution in [0.1, 0.15) is 25.8 Å². The standard InChI is InChI=1S/C15H20BrClN2O3/c1-4-5-18-15(21)10(3)19-13(20)8-22-14-9(2)6-11(16)7-12(14)17/h6-7,10H,4-5,8H2,1-3H3,(H,18,21)(H,19,20)/t10-/m0/s1. The first-order valence-electron chi connectivity index (χ1n) is 7.00. The minimum Gasteiger partial charge on any atom is -0.482 e. The van der Waals surface area contributed by atoms with Crippen molar-refractivity contribution in [3.8, 4) is 5.75 Å². The average Bonchev–Trinajstić information content (AvgIpc) is 2.43. The van der Waals surface area contributed by atoms with E-state index in [1.54, 1.807) is 13.0 Å². The maximum Gasteiger partial charge on any atom is 0.258 e. The molecule has 0 aliphatic heterocycles. The average molecular weight is 392 g/mol. The highest BCUT2D eigenvalue weighted by atomic mass is 79.9. The largest absolute Gasteiger partial charge is 0.482 e. The first kappa shape index (κ1) is 18.8. The zero-order chi connectivity index (χ0) is 16.7. The molecule has 0 fully saturated rings. The summed E-state index contributed by atoms with van der Waals surface area (Å²) in [6.45, 7) is 5.81. The summed E-state index contributed by atoms with van der Waals surface area (Å²) in [5.74, 6) is -0.131. The van der Waals surface area contributed by atoms with Gasteiger partial charge in [-0.3, -0.25) is 9.59 Å². The molecule has 2 amide bonds. The van der Waals surface area contributed by atoms with Gasteiger partial charge in [-0.05, 0) is 38.0 Å². The molecule has 7 heteroatoms. The number of ether oxygens (including phenoxy) is 1. The molecule has 2 N–H and O–H groups in total. The van der Waals surface area contributed by atoms with Gasteiger partial charge in [-0.25, -0.2) is 0 Å². The van der Waals surface area contributed by atoms with Crippen LogP contribution in [-0.4, -0.2) is 31.0 Å². The molecule has 1 aromatic rings. The Balaban J connectivity index is 2.51. The number of carbonyl (C=O) groups is 2. The lowest BCUT2D eigenvalue weighted by atomic mass is 10.2. The molecule has 0 bridgehead atoms. The van der Waals surface area contributed by atoms with Crippen LogP contribution in [0.25, 0.3) is 0 Å². The second-order valence-electron chi connectivity index (χ2n) is 4.90. The van der Waals surface area contributed by atoms with Crippen molar-refractivity contribution in [3.63, 3.8) is 0 Å². The molecule has 0 aliphatic carbocycles. The van der Waals surface area contributed by atoms with Crippen LogP contribution < -0.4 is 15.4 Å². The van der Waals surface area contributed by atoms with E-state index in [1.165, 1.54) is 0 Å². The topological polar surface area (TPSA) is 67.4 Å². The van der Waals surface area contributed by atoms with E-state index in [0.717, 1.165) is 16.5 Å². The van der Waals surface area contributed by atoms with Gasteiger partial charge in [0.1, 0.15) is 11.8 Å². The molecule has 0 saturated carbocycles. The number of hydrogen-bond donors (Lipinski definition) is 2. The van der Waals surface area contributed by atoms with Crippen molar-refractivity contribution < 1.29 is 14.3 Å². The minimum absolute atomic E-state index is 0.201. The van der Waals surface area contributed by atoms with Crippen LogP contribution in [0.2, 0.25) is 5.02 Å². The molecule has 1 aromatic carbocycles. The number of halogens is 2. The predicted molar refractivity (Wildman–Crippen MR) is 90.3 cm³/mol. The van der Waals surface area contributed by atoms with Gasteiger partial charge >= 0.3 is 0 Å². The van der Waals surface area contributed by atoms with Gasteiger partial charge in [-0.15, -0.1) is 0 Å². The van der Waals surface area contributed by atoms with E-state index in [-0.39, 0.29) is 18.4 Å². The first-order chi connectivity index (χ1) is 10.3. The molecule has 0 unspecified atom stereocenters. The SMILES string of the molecule is CCCNC(=O)[C@H](C)NC(=O)COc1c(C)cc(Br)cc1Cl. The van der Waals surface area contributed by atoms with E-state index in [1.807, 2.05) is 19.9 Å². The lowest BCUT2D eigenvalue weighted by Crippen LogP contribution is -2.46. The maximum atomic E-state index is 11.8. The fourth-order valence-electron chi connectivity index (χ4n) is 1.76. The third-order valence-corrected chi connectivity index (χ3v) is 3.60. The van der Waals surface area contributed by atoms with Crippen molar-refractivity contribution in [3.05, 3.63) is 27.2 Å². The third-order valence-electron chi connectivity index (χ3n) is 2.86. The molecule has 1 rings (SSSR count). The van der Waals surface area contributed by atoms with Crippen LogP contribution >= 0.6 is 27.5 Å². The van der Waals surface area contributed by atoms with Crippen molar-refractivity contribution in [1.82, 2.24) is 10.6 Å². The van der Waals surface area contributed by atoms with E-state index in [2.05, 4.69) is 26.6 Å². The van der Waals surface area contributed by atoms with Crippen molar-refractivity contribution in [2.75, 3.05) is 13.2 Å². The number of rotatable bonds is 7. The van der Waals surface area contributed by atoms with Crippen LogP contribution in [0.15, 0.2) is 16.6 Å². The van der Waals surface area contributed by atoms with Crippen molar-refractivity contribution in [1.29, 1.82) is 0 Å². The number of amides is 2. The van der Waals surface area contributed by atoms with Gasteiger partial charge < -0.3 is 15.4 Å². The van der Waals surface area contributed by atoms with E-state index >= 15 is 0 Å². The molecule has 0 heterocycles. The highest BCUT2D eigenvalue weighted by Crippen LogP contribution is 2.31. The summed E-state index contributed by atoms with van der Waals surface area (Å²) in [4.78, 5) is 23.5. The first-order valence-corrected chi connectivity index (χ1v) is 8.17. The summed E-state index contributed by atoms with van der Waals surface area (Å²) in [5, 5.41) is 5.72. The highest BCUT2D eigenvalue weighted by molar-refractivity contribution is 9.10. The number of carbonyl (C=O) groups excluding carboxylic acids is 2. The van der Waals surface area contributed by atoms with Gasteiger partial charge in [0, 0.05) is 11.0 Å². The maximum absolute atomic E-state index is 11.8. The van der Waals surface area contributed by atoms with Gasteiger partial charge in [0.2, 0.25) is 5.91 Å². The molecule has 122 valence electrons. The zero-order valence-corrected chi connectivity index (χ0v) is 15.2. The Hall–Kier alpha value is -1.27. The van der Waals surface area contributed by atoms with Crippen LogP contribution in [0.5, 0.6) is 5.75 Å². The van der Waals surface area contributed by atoms with E-state index in [0.29, 0.717) is 17.3 Å². The Morgan fingerprint density at radius 1 is 1.41 bits per heavy atom. The van der Waals surface area contributed by atoms with E-state index in [4.69, 9.17) is 16.3 Å². The monoisotopic (exact) mass is 390 g/mol. The molecule has 0 radical (unpaired) electrons. The Morgan fingerprint density at radius 3 is 2.68 bits per heavy atom. The van der Waals surface area contributed by atoms with Gasteiger partial charge in [0.05, 0.1) is 5.02 Å². The number of benzene rings is 1. The Kier molecular flexibility index (Phi) is 7.68. The molecular formula is C15H20BrClN2O3. The van der Waals surface area contributed by atoms with Crippen LogP contribution in [0.3, 0.4) is 0 Å². The second-order valence-corrected chi connectivity index (χ2v) is 6.23. The van der Waals surface area contributed by atoms with Crippen LogP contribution in [-0.2, 0) is 9.59 Å². The van der Waals surface area contributed by atoms with Gasteiger partial charge in [0.15, 0.2) is 6.61 Å². The molecule has 5 nitrogen and oxygen atoms in total. The Morgan fingerprint density at radius 2 is 2.09 bits per heavy atom. The molecule has 0 saturated heterocycles. The summed E-state index contributed by atoms with van der Waals surface area (Å²) >= 11 is 9.41. The molecular weight excluding hydrogens is 372 g/mol. The number of aryl methyl sites for hydroxylation is 1. The van der Waals surface area contributed by atoms with E-state index in [9.17, 15) is 9.59 Å². The normalized spacial score (nSPS) is 11.7. The van der Waals surface area contributed by atoms with Gasteiger partial charge in [-0.2, -0.15) is 0 Å². The molecule has 1 atom stereocenters. The van der Waals surface area contributed by atoms with Crippen molar-refractivity contribution in [2.45, 2.75) is 33.2 Å². The van der Waals surface area contributed by atoms with Crippen molar-refractivity contribution in [2.24, 2.45) is 0 Å². The predicted octanol–water partition coefficient (Wildman–Crippen LogP) is 2.82. The molecule has 22 heavy (non-hydrogen) atoms. The van der Waals surface area contributed by atoms with Crippen LogP contribution in [0, 0.1) is 6.92 Å². The second kappa shape index (κ2) is 9.00. The van der Waals surface area contributed by atoms with Gasteiger partial charge in [0.25, 0.3) is 5.91 Å². The summed E-state index contributed by atoms with van der Waals surface area (Å²) < 4.78 is 6.29. The summed E-state index contributed by atoms with van der Waals surface area (Å²) in [5.41, 5.74) is 0.820. The number of hydrogen-bond acceptors (Lipinski definition) is 3. The lowest BCUT2D eigenvalue weighted by molar-refractivity contribution is -0.129. The summed E-state index contributed by atoms with van der Waals surface area (Å²) in [6.07, 6.45) is 0.844. The summed E-state index contributed by atoms with van der Waals surface area (Å²) in [7, 11) is 0.